The fourth-order valence-electron chi connectivity index (χ4n) is 4.94. The summed E-state index contributed by atoms with van der Waals surface area (Å²) in [7, 11) is 0. The molecule has 0 radical (unpaired) electrons. The van der Waals surface area contributed by atoms with Crippen molar-refractivity contribution >= 4 is 23.0 Å². The molecule has 2 aromatic carbocycles. The first-order valence-electron chi connectivity index (χ1n) is 10.6. The number of hydrogen-bond acceptors (Lipinski definition) is 4. The Kier molecular flexibility index (Phi) is 4.79. The zero-order valence-corrected chi connectivity index (χ0v) is 17.1. The van der Waals surface area contributed by atoms with Crippen molar-refractivity contribution < 1.29 is 9.90 Å². The van der Waals surface area contributed by atoms with E-state index in [4.69, 9.17) is 0 Å². The number of amides is 1. The number of nitrogens with zero attached hydrogens (tertiary/aromatic N) is 3. The minimum atomic E-state index is -0.0995. The number of carbonyl (C=O) groups is 1. The minimum Gasteiger partial charge on any atom is -0.508 e. The summed E-state index contributed by atoms with van der Waals surface area (Å²) in [5.41, 5.74) is 8.98. The maximum Gasteiger partial charge on any atom is 0.254 e. The third kappa shape index (κ3) is 3.37. The molecule has 1 aromatic heterocycles. The first-order chi connectivity index (χ1) is 14.6. The number of carbonyl (C=O) groups excluding carboxylic acids is 1. The Morgan fingerprint density at radius 1 is 1.23 bits per heavy atom. The van der Waals surface area contributed by atoms with E-state index >= 15 is 0 Å². The number of nitrogens with one attached hydrogen (secondary N) is 1. The van der Waals surface area contributed by atoms with Gasteiger partial charge in [0.05, 0.1) is 18.8 Å². The molecule has 6 heteroatoms. The molecule has 5 rings (SSSR count). The summed E-state index contributed by atoms with van der Waals surface area (Å²) in [6, 6.07) is 13.7. The van der Waals surface area contributed by atoms with E-state index in [0.29, 0.717) is 12.6 Å². The first kappa shape index (κ1) is 18.9. The van der Waals surface area contributed by atoms with Crippen molar-refractivity contribution in [2.75, 3.05) is 13.1 Å². The van der Waals surface area contributed by atoms with E-state index in [-0.39, 0.29) is 11.7 Å². The summed E-state index contributed by atoms with van der Waals surface area (Å²) in [5.74, 6) is 0.110. The summed E-state index contributed by atoms with van der Waals surface area (Å²) >= 11 is 0. The van der Waals surface area contributed by atoms with E-state index in [0.717, 1.165) is 37.9 Å². The molecule has 154 valence electrons. The molecule has 6 nitrogen and oxygen atoms in total. The normalized spacial score (nSPS) is 18.6. The van der Waals surface area contributed by atoms with Crippen LogP contribution in [0.4, 0.5) is 0 Å². The average Bonchev–Trinajstić information content (AvgIpc) is 3.06. The summed E-state index contributed by atoms with van der Waals surface area (Å²) in [6.07, 6.45) is 4.95. The molecule has 0 unspecified atom stereocenters. The predicted octanol–water partition coefficient (Wildman–Crippen LogP) is 3.50. The monoisotopic (exact) mass is 402 g/mol. The van der Waals surface area contributed by atoms with Gasteiger partial charge in [0.1, 0.15) is 5.75 Å². The standard InChI is InChI=1S/C24H26N4O2/c1-16-5-10-21-20(13-16)19-3-2-4-22-24(19)28(21)12-11-27(22)15-23(30)26-25-14-17-6-8-18(29)9-7-17/h5-10,13-14,22,29H,2-4,11-12,15H2,1H3,(H,26,30)/t22-/m0/s1. The Balaban J connectivity index is 1.32. The Bertz CT molecular complexity index is 1130. The fraction of sp³-hybridized carbons (Fsp3) is 0.333. The van der Waals surface area contributed by atoms with E-state index in [1.807, 2.05) is 0 Å². The molecule has 2 aliphatic rings. The maximum atomic E-state index is 12.5. The predicted molar refractivity (Wildman–Crippen MR) is 118 cm³/mol. The summed E-state index contributed by atoms with van der Waals surface area (Å²) in [4.78, 5) is 14.8. The summed E-state index contributed by atoms with van der Waals surface area (Å²) < 4.78 is 2.48. The second-order valence-corrected chi connectivity index (χ2v) is 8.30. The molecular formula is C24H26N4O2. The third-order valence-electron chi connectivity index (χ3n) is 6.28. The molecule has 2 heterocycles. The number of fused-ring (bicyclic) bond motifs is 3. The van der Waals surface area contributed by atoms with Crippen LogP contribution in [0.5, 0.6) is 5.75 Å². The molecule has 0 saturated heterocycles. The maximum absolute atomic E-state index is 12.5. The molecular weight excluding hydrogens is 376 g/mol. The highest BCUT2D eigenvalue weighted by atomic mass is 16.3. The van der Waals surface area contributed by atoms with Gasteiger partial charge in [-0.05, 0) is 73.7 Å². The van der Waals surface area contributed by atoms with Crippen LogP contribution >= 0.6 is 0 Å². The van der Waals surface area contributed by atoms with Crippen LogP contribution in [0.15, 0.2) is 47.6 Å². The highest BCUT2D eigenvalue weighted by Crippen LogP contribution is 2.42. The molecule has 0 bridgehead atoms. The van der Waals surface area contributed by atoms with Crippen molar-refractivity contribution in [3.8, 4) is 5.75 Å². The number of aryl methyl sites for hydroxylation is 2. The number of rotatable bonds is 4. The Morgan fingerprint density at radius 3 is 2.90 bits per heavy atom. The van der Waals surface area contributed by atoms with Crippen molar-refractivity contribution in [3.63, 3.8) is 0 Å². The minimum absolute atomic E-state index is 0.0995. The van der Waals surface area contributed by atoms with Crippen molar-refractivity contribution in [1.29, 1.82) is 0 Å². The third-order valence-corrected chi connectivity index (χ3v) is 6.28. The topological polar surface area (TPSA) is 69.9 Å². The zero-order chi connectivity index (χ0) is 20.7. The lowest BCUT2D eigenvalue weighted by molar-refractivity contribution is -0.123. The van der Waals surface area contributed by atoms with Gasteiger partial charge in [-0.2, -0.15) is 5.10 Å². The molecule has 0 fully saturated rings. The molecule has 1 atom stereocenters. The first-order valence-corrected chi connectivity index (χ1v) is 10.6. The molecule has 1 aliphatic heterocycles. The SMILES string of the molecule is Cc1ccc2c(c1)c1c3n2CCN(CC(=O)NN=Cc2ccc(O)cc2)[C@H]3CCC1. The smallest absolute Gasteiger partial charge is 0.254 e. The molecule has 30 heavy (non-hydrogen) atoms. The van der Waals surface area contributed by atoms with E-state index < -0.39 is 0 Å². The lowest BCUT2D eigenvalue weighted by atomic mass is 9.89. The quantitative estimate of drug-likeness (QED) is 0.518. The number of aromatic nitrogens is 1. The average molecular weight is 402 g/mol. The molecule has 0 saturated carbocycles. The highest BCUT2D eigenvalue weighted by molar-refractivity contribution is 5.87. The number of hydrazone groups is 1. The second-order valence-electron chi connectivity index (χ2n) is 8.30. The van der Waals surface area contributed by atoms with Crippen LogP contribution in [0.2, 0.25) is 0 Å². The molecule has 1 amide bonds. The van der Waals surface area contributed by atoms with Gasteiger partial charge >= 0.3 is 0 Å². The van der Waals surface area contributed by atoms with E-state index in [2.05, 4.69) is 45.1 Å². The van der Waals surface area contributed by atoms with Gasteiger partial charge in [-0.25, -0.2) is 5.43 Å². The number of benzene rings is 2. The van der Waals surface area contributed by atoms with Crippen molar-refractivity contribution in [2.24, 2.45) is 5.10 Å². The van der Waals surface area contributed by atoms with Crippen LogP contribution in [-0.2, 0) is 17.8 Å². The van der Waals surface area contributed by atoms with Gasteiger partial charge in [0, 0.05) is 29.7 Å². The number of hydrogen-bond donors (Lipinski definition) is 2. The van der Waals surface area contributed by atoms with Crippen molar-refractivity contribution in [1.82, 2.24) is 14.9 Å². The lowest BCUT2D eigenvalue weighted by Gasteiger charge is -2.39. The lowest BCUT2D eigenvalue weighted by Crippen LogP contribution is -2.44. The van der Waals surface area contributed by atoms with Gasteiger partial charge < -0.3 is 9.67 Å². The molecule has 0 spiro atoms. The second kappa shape index (κ2) is 7.61. The van der Waals surface area contributed by atoms with Crippen LogP contribution < -0.4 is 5.43 Å². The number of phenolic OH excluding ortho intramolecular Hbond substituents is 1. The van der Waals surface area contributed by atoms with Crippen molar-refractivity contribution in [3.05, 3.63) is 64.8 Å². The number of aromatic hydroxyl groups is 1. The van der Waals surface area contributed by atoms with Crippen LogP contribution in [0, 0.1) is 6.92 Å². The van der Waals surface area contributed by atoms with Crippen LogP contribution in [0.1, 0.15) is 41.3 Å². The molecule has 3 aromatic rings. The van der Waals surface area contributed by atoms with Gasteiger partial charge in [0.25, 0.3) is 5.91 Å². The largest absolute Gasteiger partial charge is 0.508 e. The Labute approximate surface area is 175 Å². The molecule has 2 N–H and O–H groups in total. The van der Waals surface area contributed by atoms with Gasteiger partial charge in [-0.3, -0.25) is 9.69 Å². The summed E-state index contributed by atoms with van der Waals surface area (Å²) in [5, 5.41) is 14.8. The van der Waals surface area contributed by atoms with E-state index in [1.165, 1.54) is 27.7 Å². The van der Waals surface area contributed by atoms with Gasteiger partial charge in [-0.1, -0.05) is 11.6 Å². The van der Waals surface area contributed by atoms with Crippen LogP contribution in [0.3, 0.4) is 0 Å². The van der Waals surface area contributed by atoms with Gasteiger partial charge in [0.15, 0.2) is 0 Å². The van der Waals surface area contributed by atoms with Gasteiger partial charge in [0.2, 0.25) is 0 Å². The van der Waals surface area contributed by atoms with Crippen LogP contribution in [0.25, 0.3) is 10.9 Å². The molecule has 1 aliphatic carbocycles. The summed E-state index contributed by atoms with van der Waals surface area (Å²) in [6.45, 7) is 4.27. The van der Waals surface area contributed by atoms with Gasteiger partial charge in [-0.15, -0.1) is 0 Å². The van der Waals surface area contributed by atoms with E-state index in [9.17, 15) is 9.90 Å². The van der Waals surface area contributed by atoms with Crippen molar-refractivity contribution in [2.45, 2.75) is 38.8 Å². The highest BCUT2D eigenvalue weighted by Gasteiger charge is 2.35. The number of phenols is 1. The van der Waals surface area contributed by atoms with E-state index in [1.54, 1.807) is 30.5 Å². The fourth-order valence-corrected chi connectivity index (χ4v) is 4.94. The Morgan fingerprint density at radius 2 is 2.07 bits per heavy atom. The van der Waals surface area contributed by atoms with Crippen LogP contribution in [-0.4, -0.2) is 39.8 Å². The zero-order valence-electron chi connectivity index (χ0n) is 17.1. The Hall–Kier alpha value is -3.12.